The highest BCUT2D eigenvalue weighted by molar-refractivity contribution is 7.89. The predicted octanol–water partition coefficient (Wildman–Crippen LogP) is 3.87. The molecule has 160 valence electrons. The van der Waals surface area contributed by atoms with Crippen LogP contribution in [0.25, 0.3) is 6.08 Å². The van der Waals surface area contributed by atoms with Crippen molar-refractivity contribution in [2.45, 2.75) is 11.3 Å². The summed E-state index contributed by atoms with van der Waals surface area (Å²) in [6.45, 7) is 0.304. The van der Waals surface area contributed by atoms with Gasteiger partial charge in [-0.1, -0.05) is 48.5 Å². The van der Waals surface area contributed by atoms with Gasteiger partial charge in [0.05, 0.1) is 12.0 Å². The fraction of sp³-hybridized carbons (Fsp3) is 0.125. The van der Waals surface area contributed by atoms with Crippen LogP contribution in [-0.4, -0.2) is 28.0 Å². The molecule has 0 aromatic heterocycles. The van der Waals surface area contributed by atoms with Crippen LogP contribution in [0.3, 0.4) is 0 Å². The van der Waals surface area contributed by atoms with E-state index in [1.54, 1.807) is 25.3 Å². The molecule has 0 fully saturated rings. The van der Waals surface area contributed by atoms with E-state index >= 15 is 0 Å². The van der Waals surface area contributed by atoms with Crippen LogP contribution in [0.5, 0.6) is 5.75 Å². The van der Waals surface area contributed by atoms with E-state index in [1.807, 2.05) is 54.6 Å². The van der Waals surface area contributed by atoms with Gasteiger partial charge in [0, 0.05) is 23.9 Å². The van der Waals surface area contributed by atoms with Gasteiger partial charge in [-0.25, -0.2) is 13.1 Å². The first kappa shape index (κ1) is 22.3. The van der Waals surface area contributed by atoms with Crippen LogP contribution in [0.1, 0.15) is 11.1 Å². The normalized spacial score (nSPS) is 11.4. The number of amides is 1. The number of anilines is 1. The summed E-state index contributed by atoms with van der Waals surface area (Å²) in [5.41, 5.74) is 2.34. The lowest BCUT2D eigenvalue weighted by Gasteiger charge is -2.08. The molecule has 0 aliphatic heterocycles. The molecule has 0 unspecified atom stereocenters. The Bertz CT molecular complexity index is 1140. The number of methoxy groups -OCH3 is 1. The number of hydrogen-bond donors (Lipinski definition) is 2. The molecular weight excluding hydrogens is 412 g/mol. The summed E-state index contributed by atoms with van der Waals surface area (Å²) in [7, 11) is -2.05. The van der Waals surface area contributed by atoms with Gasteiger partial charge in [0.15, 0.2) is 0 Å². The maximum absolute atomic E-state index is 12.5. The Labute approximate surface area is 182 Å². The van der Waals surface area contributed by atoms with Gasteiger partial charge in [0.1, 0.15) is 5.75 Å². The molecular formula is C24H24N2O4S. The quantitative estimate of drug-likeness (QED) is 0.499. The lowest BCUT2D eigenvalue weighted by Crippen LogP contribution is -2.26. The molecule has 0 atom stereocenters. The monoisotopic (exact) mass is 436 g/mol. The minimum Gasteiger partial charge on any atom is -0.496 e. The van der Waals surface area contributed by atoms with Gasteiger partial charge in [0.2, 0.25) is 15.9 Å². The summed E-state index contributed by atoms with van der Waals surface area (Å²) in [5, 5.41) is 2.71. The number of carbonyl (C=O) groups is 1. The van der Waals surface area contributed by atoms with Crippen molar-refractivity contribution in [2.24, 2.45) is 0 Å². The van der Waals surface area contributed by atoms with Gasteiger partial charge in [-0.3, -0.25) is 4.79 Å². The average molecular weight is 437 g/mol. The van der Waals surface area contributed by atoms with Crippen LogP contribution in [0.15, 0.2) is 89.8 Å². The summed E-state index contributed by atoms with van der Waals surface area (Å²) >= 11 is 0. The van der Waals surface area contributed by atoms with Gasteiger partial charge in [-0.15, -0.1) is 0 Å². The van der Waals surface area contributed by atoms with E-state index < -0.39 is 10.0 Å². The summed E-state index contributed by atoms with van der Waals surface area (Å²) in [5.74, 6) is 0.336. The molecule has 0 spiro atoms. The second-order valence-corrected chi connectivity index (χ2v) is 8.49. The molecule has 0 aliphatic rings. The van der Waals surface area contributed by atoms with Crippen LogP contribution in [0, 0.1) is 0 Å². The van der Waals surface area contributed by atoms with E-state index in [2.05, 4.69) is 10.0 Å². The van der Waals surface area contributed by atoms with Crippen LogP contribution in [0.4, 0.5) is 5.69 Å². The minimum atomic E-state index is -3.62. The SMILES string of the molecule is COc1ccccc1/C=C/C(=O)Nc1ccc(S(=O)(=O)NCCc2ccccc2)cc1. The third-order valence-electron chi connectivity index (χ3n) is 4.53. The van der Waals surface area contributed by atoms with E-state index in [0.29, 0.717) is 24.4 Å². The highest BCUT2D eigenvalue weighted by Gasteiger charge is 2.13. The standard InChI is InChI=1S/C24H24N2O4S/c1-30-23-10-6-5-9-20(23)11-16-24(27)26-21-12-14-22(15-13-21)31(28,29)25-18-17-19-7-3-2-4-8-19/h2-16,25H,17-18H2,1H3,(H,26,27)/b16-11+. The third-order valence-corrected chi connectivity index (χ3v) is 6.01. The van der Waals surface area contributed by atoms with E-state index in [-0.39, 0.29) is 10.8 Å². The maximum Gasteiger partial charge on any atom is 0.248 e. The molecule has 0 aliphatic carbocycles. The summed E-state index contributed by atoms with van der Waals surface area (Å²) in [4.78, 5) is 12.3. The van der Waals surface area contributed by atoms with E-state index in [1.165, 1.54) is 18.2 Å². The molecule has 6 nitrogen and oxygen atoms in total. The topological polar surface area (TPSA) is 84.5 Å². The van der Waals surface area contributed by atoms with E-state index in [0.717, 1.165) is 11.1 Å². The van der Waals surface area contributed by atoms with Crippen LogP contribution >= 0.6 is 0 Å². The summed E-state index contributed by atoms with van der Waals surface area (Å²) in [6, 6.07) is 23.1. The Balaban J connectivity index is 1.56. The van der Waals surface area contributed by atoms with Gasteiger partial charge < -0.3 is 10.1 Å². The Morgan fingerprint density at radius 1 is 0.935 bits per heavy atom. The van der Waals surface area contributed by atoms with Crippen molar-refractivity contribution in [3.63, 3.8) is 0 Å². The fourth-order valence-electron chi connectivity index (χ4n) is 2.93. The largest absolute Gasteiger partial charge is 0.496 e. The average Bonchev–Trinajstić information content (AvgIpc) is 2.79. The summed E-state index contributed by atoms with van der Waals surface area (Å²) < 4.78 is 32.8. The number of sulfonamides is 1. The van der Waals surface area contributed by atoms with Crippen molar-refractivity contribution in [3.8, 4) is 5.75 Å². The first-order valence-corrected chi connectivity index (χ1v) is 11.2. The zero-order chi connectivity index (χ0) is 22.1. The predicted molar refractivity (Wildman–Crippen MR) is 122 cm³/mol. The number of hydrogen-bond acceptors (Lipinski definition) is 4. The maximum atomic E-state index is 12.5. The number of para-hydroxylation sites is 1. The van der Waals surface area contributed by atoms with Crippen molar-refractivity contribution in [3.05, 3.63) is 96.1 Å². The van der Waals surface area contributed by atoms with Gasteiger partial charge in [-0.2, -0.15) is 0 Å². The Morgan fingerprint density at radius 2 is 1.61 bits per heavy atom. The molecule has 7 heteroatoms. The smallest absolute Gasteiger partial charge is 0.248 e. The van der Waals surface area contributed by atoms with Crippen molar-refractivity contribution in [2.75, 3.05) is 19.0 Å². The number of ether oxygens (including phenoxy) is 1. The number of carbonyl (C=O) groups excluding carboxylic acids is 1. The first-order valence-electron chi connectivity index (χ1n) is 9.74. The number of rotatable bonds is 9. The van der Waals surface area contributed by atoms with E-state index in [4.69, 9.17) is 4.74 Å². The molecule has 3 rings (SSSR count). The molecule has 0 saturated carbocycles. The van der Waals surface area contributed by atoms with Gasteiger partial charge in [0.25, 0.3) is 0 Å². The molecule has 31 heavy (non-hydrogen) atoms. The van der Waals surface area contributed by atoms with Crippen LogP contribution in [-0.2, 0) is 21.2 Å². The lowest BCUT2D eigenvalue weighted by molar-refractivity contribution is -0.111. The Hall–Kier alpha value is -3.42. The van der Waals surface area contributed by atoms with Gasteiger partial charge >= 0.3 is 0 Å². The first-order chi connectivity index (χ1) is 15.0. The number of nitrogens with one attached hydrogen (secondary N) is 2. The molecule has 3 aromatic carbocycles. The highest BCUT2D eigenvalue weighted by atomic mass is 32.2. The fourth-order valence-corrected chi connectivity index (χ4v) is 3.96. The highest BCUT2D eigenvalue weighted by Crippen LogP contribution is 2.19. The third kappa shape index (κ3) is 6.53. The molecule has 0 bridgehead atoms. The molecule has 0 heterocycles. The molecule has 0 radical (unpaired) electrons. The second-order valence-electron chi connectivity index (χ2n) is 6.72. The lowest BCUT2D eigenvalue weighted by atomic mass is 10.2. The molecule has 3 aromatic rings. The minimum absolute atomic E-state index is 0.142. The molecule has 2 N–H and O–H groups in total. The van der Waals surface area contributed by atoms with Crippen molar-refractivity contribution >= 4 is 27.7 Å². The zero-order valence-corrected chi connectivity index (χ0v) is 17.9. The second kappa shape index (κ2) is 10.6. The molecule has 1 amide bonds. The van der Waals surface area contributed by atoms with Crippen LogP contribution < -0.4 is 14.8 Å². The summed E-state index contributed by atoms with van der Waals surface area (Å²) in [6.07, 6.45) is 3.66. The van der Waals surface area contributed by atoms with Crippen molar-refractivity contribution < 1.29 is 17.9 Å². The van der Waals surface area contributed by atoms with Crippen molar-refractivity contribution in [1.82, 2.24) is 4.72 Å². The van der Waals surface area contributed by atoms with E-state index in [9.17, 15) is 13.2 Å². The zero-order valence-electron chi connectivity index (χ0n) is 17.1. The number of benzene rings is 3. The van der Waals surface area contributed by atoms with Crippen molar-refractivity contribution in [1.29, 1.82) is 0 Å². The van der Waals surface area contributed by atoms with Gasteiger partial charge in [-0.05, 0) is 48.4 Å². The Morgan fingerprint density at radius 3 is 2.32 bits per heavy atom. The Kier molecular flexibility index (Phi) is 7.59. The molecule has 0 saturated heterocycles. The van der Waals surface area contributed by atoms with Crippen LogP contribution in [0.2, 0.25) is 0 Å².